The summed E-state index contributed by atoms with van der Waals surface area (Å²) in [7, 11) is 0. The van der Waals surface area contributed by atoms with Crippen molar-refractivity contribution in [1.29, 1.82) is 0 Å². The van der Waals surface area contributed by atoms with E-state index in [4.69, 9.17) is 9.47 Å². The molecule has 2 nitrogen and oxygen atoms in total. The smallest absolute Gasteiger partial charge is 0.0876 e. The molecular formula is C10H18O2. The van der Waals surface area contributed by atoms with Crippen molar-refractivity contribution < 1.29 is 9.47 Å². The summed E-state index contributed by atoms with van der Waals surface area (Å²) in [5.74, 6) is 0.701. The molecule has 1 unspecified atom stereocenters. The van der Waals surface area contributed by atoms with Crippen LogP contribution >= 0.6 is 0 Å². The minimum absolute atomic E-state index is 0.701. The van der Waals surface area contributed by atoms with Crippen molar-refractivity contribution in [2.75, 3.05) is 19.8 Å². The van der Waals surface area contributed by atoms with Crippen LogP contribution in [0.15, 0.2) is 12.8 Å². The normalized spacial score (nSPS) is 24.5. The minimum Gasteiger partial charge on any atom is -0.502 e. The highest BCUT2D eigenvalue weighted by Crippen LogP contribution is 2.17. The van der Waals surface area contributed by atoms with E-state index in [0.29, 0.717) is 5.92 Å². The van der Waals surface area contributed by atoms with Crippen LogP contribution in [0.25, 0.3) is 0 Å². The SMILES string of the molecule is C=COCCC1CCCCOC1. The monoisotopic (exact) mass is 170 g/mol. The maximum atomic E-state index is 5.46. The van der Waals surface area contributed by atoms with Gasteiger partial charge in [0, 0.05) is 13.2 Å². The lowest BCUT2D eigenvalue weighted by molar-refractivity contribution is 0.102. The quantitative estimate of drug-likeness (QED) is 0.476. The van der Waals surface area contributed by atoms with Crippen LogP contribution in [0.4, 0.5) is 0 Å². The topological polar surface area (TPSA) is 18.5 Å². The Balaban J connectivity index is 2.07. The Labute approximate surface area is 74.6 Å². The van der Waals surface area contributed by atoms with E-state index >= 15 is 0 Å². The fraction of sp³-hybridized carbons (Fsp3) is 0.800. The first-order chi connectivity index (χ1) is 5.93. The molecule has 0 aliphatic carbocycles. The molecule has 1 saturated heterocycles. The zero-order valence-electron chi connectivity index (χ0n) is 7.63. The molecule has 70 valence electrons. The lowest BCUT2D eigenvalue weighted by atomic mass is 10.0. The maximum Gasteiger partial charge on any atom is 0.0876 e. The Morgan fingerprint density at radius 2 is 2.42 bits per heavy atom. The Morgan fingerprint density at radius 3 is 3.25 bits per heavy atom. The molecule has 0 saturated carbocycles. The van der Waals surface area contributed by atoms with Gasteiger partial charge in [-0.2, -0.15) is 0 Å². The second-order valence-corrected chi connectivity index (χ2v) is 3.26. The zero-order valence-corrected chi connectivity index (χ0v) is 7.63. The number of rotatable bonds is 4. The van der Waals surface area contributed by atoms with E-state index in [-0.39, 0.29) is 0 Å². The highest BCUT2D eigenvalue weighted by atomic mass is 16.5. The van der Waals surface area contributed by atoms with Crippen LogP contribution in [-0.2, 0) is 9.47 Å². The van der Waals surface area contributed by atoms with Gasteiger partial charge in [-0.15, -0.1) is 0 Å². The van der Waals surface area contributed by atoms with Crippen LogP contribution in [0, 0.1) is 5.92 Å². The van der Waals surface area contributed by atoms with Crippen LogP contribution < -0.4 is 0 Å². The Kier molecular flexibility index (Phi) is 4.85. The zero-order chi connectivity index (χ0) is 8.65. The molecule has 2 heteroatoms. The summed E-state index contributed by atoms with van der Waals surface area (Å²) in [6.07, 6.45) is 6.43. The molecule has 0 spiro atoms. The molecule has 12 heavy (non-hydrogen) atoms. The summed E-state index contributed by atoms with van der Waals surface area (Å²) in [6, 6.07) is 0. The predicted molar refractivity (Wildman–Crippen MR) is 48.9 cm³/mol. The van der Waals surface area contributed by atoms with Gasteiger partial charge in [-0.05, 0) is 25.2 Å². The van der Waals surface area contributed by atoms with Gasteiger partial charge < -0.3 is 9.47 Å². The molecule has 0 aromatic carbocycles. The highest BCUT2D eigenvalue weighted by molar-refractivity contribution is 4.62. The van der Waals surface area contributed by atoms with Gasteiger partial charge in [-0.1, -0.05) is 13.0 Å². The first-order valence-electron chi connectivity index (χ1n) is 4.73. The molecule has 1 aliphatic rings. The molecule has 0 radical (unpaired) electrons. The molecule has 0 amide bonds. The van der Waals surface area contributed by atoms with E-state index in [9.17, 15) is 0 Å². The summed E-state index contributed by atoms with van der Waals surface area (Å²) in [5, 5.41) is 0. The van der Waals surface area contributed by atoms with E-state index in [0.717, 1.165) is 26.2 Å². The molecule has 0 N–H and O–H groups in total. The lowest BCUT2D eigenvalue weighted by Crippen LogP contribution is -2.09. The van der Waals surface area contributed by atoms with Crippen LogP contribution in [-0.4, -0.2) is 19.8 Å². The average molecular weight is 170 g/mol. The fourth-order valence-electron chi connectivity index (χ4n) is 1.52. The van der Waals surface area contributed by atoms with Crippen LogP contribution in [0.2, 0.25) is 0 Å². The van der Waals surface area contributed by atoms with E-state index < -0.39 is 0 Å². The van der Waals surface area contributed by atoms with Crippen molar-refractivity contribution in [3.05, 3.63) is 12.8 Å². The fourth-order valence-corrected chi connectivity index (χ4v) is 1.52. The van der Waals surface area contributed by atoms with Crippen molar-refractivity contribution in [1.82, 2.24) is 0 Å². The first-order valence-corrected chi connectivity index (χ1v) is 4.73. The van der Waals surface area contributed by atoms with Crippen molar-refractivity contribution in [3.8, 4) is 0 Å². The molecule has 1 fully saturated rings. The largest absolute Gasteiger partial charge is 0.502 e. The Hall–Kier alpha value is -0.500. The van der Waals surface area contributed by atoms with Gasteiger partial charge in [0.05, 0.1) is 12.9 Å². The summed E-state index contributed by atoms with van der Waals surface area (Å²) >= 11 is 0. The summed E-state index contributed by atoms with van der Waals surface area (Å²) < 4.78 is 10.5. The van der Waals surface area contributed by atoms with Gasteiger partial charge in [0.25, 0.3) is 0 Å². The number of ether oxygens (including phenoxy) is 2. The third-order valence-electron chi connectivity index (χ3n) is 2.27. The highest BCUT2D eigenvalue weighted by Gasteiger charge is 2.11. The summed E-state index contributed by atoms with van der Waals surface area (Å²) in [6.45, 7) is 6.16. The third kappa shape index (κ3) is 3.77. The molecule has 0 bridgehead atoms. The van der Waals surface area contributed by atoms with Gasteiger partial charge in [-0.3, -0.25) is 0 Å². The maximum absolute atomic E-state index is 5.46. The molecule has 1 atom stereocenters. The van der Waals surface area contributed by atoms with E-state index in [2.05, 4.69) is 6.58 Å². The average Bonchev–Trinajstić information content (AvgIpc) is 2.33. The molecule has 1 heterocycles. The van der Waals surface area contributed by atoms with Gasteiger partial charge >= 0.3 is 0 Å². The molecule has 1 aliphatic heterocycles. The standard InChI is InChI=1S/C10H18O2/c1-2-11-8-6-10-5-3-4-7-12-9-10/h2,10H,1,3-9H2. The van der Waals surface area contributed by atoms with Crippen molar-refractivity contribution >= 4 is 0 Å². The van der Waals surface area contributed by atoms with E-state index in [1.54, 1.807) is 0 Å². The summed E-state index contributed by atoms with van der Waals surface area (Å²) in [4.78, 5) is 0. The van der Waals surface area contributed by atoms with E-state index in [1.165, 1.54) is 25.5 Å². The third-order valence-corrected chi connectivity index (χ3v) is 2.27. The van der Waals surface area contributed by atoms with Crippen LogP contribution in [0.1, 0.15) is 25.7 Å². The Morgan fingerprint density at radius 1 is 1.50 bits per heavy atom. The second kappa shape index (κ2) is 6.06. The first kappa shape index (κ1) is 9.59. The van der Waals surface area contributed by atoms with Crippen molar-refractivity contribution in [2.45, 2.75) is 25.7 Å². The van der Waals surface area contributed by atoms with Crippen molar-refractivity contribution in [3.63, 3.8) is 0 Å². The van der Waals surface area contributed by atoms with Gasteiger partial charge in [0.15, 0.2) is 0 Å². The predicted octanol–water partition coefficient (Wildman–Crippen LogP) is 2.35. The second-order valence-electron chi connectivity index (χ2n) is 3.26. The van der Waals surface area contributed by atoms with E-state index in [1.807, 2.05) is 0 Å². The molecular weight excluding hydrogens is 152 g/mol. The molecule has 0 aromatic rings. The van der Waals surface area contributed by atoms with Crippen LogP contribution in [0.3, 0.4) is 0 Å². The lowest BCUT2D eigenvalue weighted by Gasteiger charge is -2.12. The van der Waals surface area contributed by atoms with Crippen LogP contribution in [0.5, 0.6) is 0 Å². The van der Waals surface area contributed by atoms with Gasteiger partial charge in [0.2, 0.25) is 0 Å². The number of hydrogen-bond donors (Lipinski definition) is 0. The number of hydrogen-bond acceptors (Lipinski definition) is 2. The van der Waals surface area contributed by atoms with Crippen molar-refractivity contribution in [2.24, 2.45) is 5.92 Å². The minimum atomic E-state index is 0.701. The Bertz CT molecular complexity index is 115. The molecule has 1 rings (SSSR count). The van der Waals surface area contributed by atoms with Gasteiger partial charge in [-0.25, -0.2) is 0 Å². The molecule has 0 aromatic heterocycles. The summed E-state index contributed by atoms with van der Waals surface area (Å²) in [5.41, 5.74) is 0. The van der Waals surface area contributed by atoms with Gasteiger partial charge in [0.1, 0.15) is 0 Å².